The van der Waals surface area contributed by atoms with E-state index in [9.17, 15) is 4.79 Å². The van der Waals surface area contributed by atoms with Crippen molar-refractivity contribution in [3.63, 3.8) is 0 Å². The smallest absolute Gasteiger partial charge is 0.242 e. The van der Waals surface area contributed by atoms with Gasteiger partial charge >= 0.3 is 0 Å². The minimum Gasteiger partial charge on any atom is -0.377 e. The number of benzene rings is 1. The molecule has 1 unspecified atom stereocenters. The lowest BCUT2D eigenvalue weighted by atomic mass is 10.2. The summed E-state index contributed by atoms with van der Waals surface area (Å²) in [7, 11) is 0. The number of hydrogen-bond acceptors (Lipinski definition) is 3. The molecule has 0 saturated carbocycles. The number of halogens is 1. The molecule has 16 heavy (non-hydrogen) atoms. The molecule has 1 heterocycles. The standard InChI is InChI=1S/C11H13BrN2O2/c12-8-2-1-3-9(6-8)14-4-5-16-7-10(14)11(13)15/h1-3,6,10H,4-5,7H2,(H2,13,15). The van der Waals surface area contributed by atoms with Gasteiger partial charge in [0.25, 0.3) is 0 Å². The summed E-state index contributed by atoms with van der Waals surface area (Å²) in [5.41, 5.74) is 6.35. The van der Waals surface area contributed by atoms with Gasteiger partial charge in [0, 0.05) is 16.7 Å². The zero-order valence-electron chi connectivity index (χ0n) is 8.73. The lowest BCUT2D eigenvalue weighted by molar-refractivity contribution is -0.121. The highest BCUT2D eigenvalue weighted by atomic mass is 79.9. The van der Waals surface area contributed by atoms with Crippen LogP contribution in [0.4, 0.5) is 5.69 Å². The van der Waals surface area contributed by atoms with Gasteiger partial charge in [0.15, 0.2) is 0 Å². The van der Waals surface area contributed by atoms with Gasteiger partial charge in [-0.2, -0.15) is 0 Å². The Balaban J connectivity index is 2.26. The first kappa shape index (κ1) is 11.4. The second-order valence-electron chi connectivity index (χ2n) is 3.67. The van der Waals surface area contributed by atoms with E-state index in [1.54, 1.807) is 0 Å². The first-order chi connectivity index (χ1) is 7.68. The van der Waals surface area contributed by atoms with E-state index in [-0.39, 0.29) is 11.9 Å². The Labute approximate surface area is 102 Å². The highest BCUT2D eigenvalue weighted by molar-refractivity contribution is 9.10. The lowest BCUT2D eigenvalue weighted by Gasteiger charge is -2.35. The molecule has 0 bridgehead atoms. The number of nitrogens with zero attached hydrogens (tertiary/aromatic N) is 1. The molecule has 0 aliphatic carbocycles. The molecule has 5 heteroatoms. The molecule has 1 aromatic rings. The molecule has 0 radical (unpaired) electrons. The zero-order chi connectivity index (χ0) is 11.5. The Morgan fingerprint density at radius 3 is 3.06 bits per heavy atom. The summed E-state index contributed by atoms with van der Waals surface area (Å²) < 4.78 is 6.26. The maximum Gasteiger partial charge on any atom is 0.242 e. The second-order valence-corrected chi connectivity index (χ2v) is 4.58. The molecule has 1 aliphatic rings. The van der Waals surface area contributed by atoms with Gasteiger partial charge in [0.05, 0.1) is 13.2 Å². The van der Waals surface area contributed by atoms with E-state index in [1.807, 2.05) is 29.2 Å². The van der Waals surface area contributed by atoms with Crippen molar-refractivity contribution >= 4 is 27.5 Å². The van der Waals surface area contributed by atoms with Gasteiger partial charge in [-0.25, -0.2) is 0 Å². The van der Waals surface area contributed by atoms with Gasteiger partial charge in [-0.3, -0.25) is 4.79 Å². The van der Waals surface area contributed by atoms with Crippen molar-refractivity contribution in [2.45, 2.75) is 6.04 Å². The first-order valence-corrected chi connectivity index (χ1v) is 5.87. The Bertz CT molecular complexity index is 397. The molecule has 1 atom stereocenters. The number of carbonyl (C=O) groups is 1. The van der Waals surface area contributed by atoms with E-state index in [1.165, 1.54) is 0 Å². The average molecular weight is 285 g/mol. The van der Waals surface area contributed by atoms with Crippen LogP contribution in [0.25, 0.3) is 0 Å². The number of anilines is 1. The lowest BCUT2D eigenvalue weighted by Crippen LogP contribution is -2.52. The maximum atomic E-state index is 11.3. The maximum absolute atomic E-state index is 11.3. The molecule has 1 saturated heterocycles. The van der Waals surface area contributed by atoms with Crippen molar-refractivity contribution in [3.8, 4) is 0 Å². The number of hydrogen-bond donors (Lipinski definition) is 1. The number of ether oxygens (including phenoxy) is 1. The normalized spacial score (nSPS) is 20.8. The predicted molar refractivity (Wildman–Crippen MR) is 65.3 cm³/mol. The molecular formula is C11H13BrN2O2. The Hall–Kier alpha value is -1.07. The van der Waals surface area contributed by atoms with Crippen LogP contribution < -0.4 is 10.6 Å². The third-order valence-corrected chi connectivity index (χ3v) is 3.09. The molecule has 1 aromatic carbocycles. The summed E-state index contributed by atoms with van der Waals surface area (Å²) in [6.45, 7) is 1.67. The van der Waals surface area contributed by atoms with Crippen LogP contribution in [0.5, 0.6) is 0 Å². The number of carbonyl (C=O) groups excluding carboxylic acids is 1. The fourth-order valence-electron chi connectivity index (χ4n) is 1.80. The molecule has 2 N–H and O–H groups in total. The van der Waals surface area contributed by atoms with Crippen LogP contribution in [0.2, 0.25) is 0 Å². The summed E-state index contributed by atoms with van der Waals surface area (Å²) in [5, 5.41) is 0. The van der Waals surface area contributed by atoms with Crippen molar-refractivity contribution in [2.24, 2.45) is 5.73 Å². The van der Waals surface area contributed by atoms with Crippen molar-refractivity contribution < 1.29 is 9.53 Å². The van der Waals surface area contributed by atoms with Gasteiger partial charge < -0.3 is 15.4 Å². The number of rotatable bonds is 2. The molecule has 2 rings (SSSR count). The summed E-state index contributed by atoms with van der Waals surface area (Å²) in [5.74, 6) is -0.348. The van der Waals surface area contributed by atoms with Crippen molar-refractivity contribution in [3.05, 3.63) is 28.7 Å². The van der Waals surface area contributed by atoms with Gasteiger partial charge in [-0.1, -0.05) is 22.0 Å². The van der Waals surface area contributed by atoms with Gasteiger partial charge in [-0.15, -0.1) is 0 Å². The molecular weight excluding hydrogens is 272 g/mol. The summed E-state index contributed by atoms with van der Waals surface area (Å²) in [6, 6.07) is 7.45. The van der Waals surface area contributed by atoms with E-state index in [0.29, 0.717) is 19.8 Å². The predicted octanol–water partition coefficient (Wildman–Crippen LogP) is 1.14. The van der Waals surface area contributed by atoms with E-state index < -0.39 is 0 Å². The Morgan fingerprint density at radius 1 is 1.56 bits per heavy atom. The summed E-state index contributed by atoms with van der Waals surface area (Å²) >= 11 is 3.41. The molecule has 1 amide bonds. The third-order valence-electron chi connectivity index (χ3n) is 2.60. The molecule has 4 nitrogen and oxygen atoms in total. The van der Waals surface area contributed by atoms with Crippen LogP contribution in [-0.2, 0) is 9.53 Å². The summed E-state index contributed by atoms with van der Waals surface area (Å²) in [4.78, 5) is 13.3. The minimum atomic E-state index is -0.372. The van der Waals surface area contributed by atoms with Crippen molar-refractivity contribution in [1.29, 1.82) is 0 Å². The quantitative estimate of drug-likeness (QED) is 0.886. The number of morpholine rings is 1. The number of nitrogens with two attached hydrogens (primary N) is 1. The highest BCUT2D eigenvalue weighted by Gasteiger charge is 2.27. The Kier molecular flexibility index (Phi) is 3.46. The van der Waals surface area contributed by atoms with Crippen LogP contribution in [-0.4, -0.2) is 31.7 Å². The number of amides is 1. The second kappa shape index (κ2) is 4.84. The van der Waals surface area contributed by atoms with E-state index in [4.69, 9.17) is 10.5 Å². The van der Waals surface area contributed by atoms with Gasteiger partial charge in [0.1, 0.15) is 6.04 Å². The number of primary amides is 1. The monoisotopic (exact) mass is 284 g/mol. The van der Waals surface area contributed by atoms with Crippen LogP contribution in [0.15, 0.2) is 28.7 Å². The molecule has 86 valence electrons. The van der Waals surface area contributed by atoms with Crippen LogP contribution >= 0.6 is 15.9 Å². The first-order valence-electron chi connectivity index (χ1n) is 5.08. The van der Waals surface area contributed by atoms with E-state index in [2.05, 4.69) is 15.9 Å². The van der Waals surface area contributed by atoms with E-state index in [0.717, 1.165) is 10.2 Å². The average Bonchev–Trinajstić information content (AvgIpc) is 2.29. The molecule has 0 aromatic heterocycles. The van der Waals surface area contributed by atoms with Crippen LogP contribution in [0.3, 0.4) is 0 Å². The van der Waals surface area contributed by atoms with E-state index >= 15 is 0 Å². The molecule has 1 aliphatic heterocycles. The third kappa shape index (κ3) is 2.36. The van der Waals surface area contributed by atoms with Gasteiger partial charge in [-0.05, 0) is 18.2 Å². The van der Waals surface area contributed by atoms with Gasteiger partial charge in [0.2, 0.25) is 5.91 Å². The fourth-order valence-corrected chi connectivity index (χ4v) is 2.19. The minimum absolute atomic E-state index is 0.348. The topological polar surface area (TPSA) is 55.6 Å². The fraction of sp³-hybridized carbons (Fsp3) is 0.364. The molecule has 0 spiro atoms. The SMILES string of the molecule is NC(=O)C1COCCN1c1cccc(Br)c1. The summed E-state index contributed by atoms with van der Waals surface area (Å²) in [6.07, 6.45) is 0. The largest absolute Gasteiger partial charge is 0.377 e. The highest BCUT2D eigenvalue weighted by Crippen LogP contribution is 2.23. The van der Waals surface area contributed by atoms with Crippen LogP contribution in [0.1, 0.15) is 0 Å². The van der Waals surface area contributed by atoms with Crippen molar-refractivity contribution in [2.75, 3.05) is 24.7 Å². The Morgan fingerprint density at radius 2 is 2.38 bits per heavy atom. The van der Waals surface area contributed by atoms with Crippen molar-refractivity contribution in [1.82, 2.24) is 0 Å². The molecule has 1 fully saturated rings. The van der Waals surface area contributed by atoms with Crippen LogP contribution in [0, 0.1) is 0 Å². The zero-order valence-corrected chi connectivity index (χ0v) is 10.3.